The van der Waals surface area contributed by atoms with Crippen LogP contribution in [0.4, 0.5) is 0 Å². The number of hydrogen-bond donors (Lipinski definition) is 0. The third-order valence-corrected chi connectivity index (χ3v) is 10.5. The highest BCUT2D eigenvalue weighted by Crippen LogP contribution is 2.71. The summed E-state index contributed by atoms with van der Waals surface area (Å²) in [4.78, 5) is 12.9. The first-order valence-corrected chi connectivity index (χ1v) is 14.3. The van der Waals surface area contributed by atoms with Crippen molar-refractivity contribution in [2.75, 3.05) is 0 Å². The topological polar surface area (TPSA) is 63.2 Å². The van der Waals surface area contributed by atoms with E-state index in [2.05, 4.69) is 27.7 Å². The Morgan fingerprint density at radius 1 is 1.00 bits per heavy atom. The van der Waals surface area contributed by atoms with Gasteiger partial charge in [-0.2, -0.15) is 0 Å². The molecule has 3 aliphatic carbocycles. The van der Waals surface area contributed by atoms with Gasteiger partial charge in [-0.3, -0.25) is 0 Å². The maximum Gasteiger partial charge on any atom is 0.331 e. The number of rotatable bonds is 5. The van der Waals surface area contributed by atoms with E-state index in [0.717, 1.165) is 30.3 Å². The van der Waals surface area contributed by atoms with Crippen LogP contribution in [-0.4, -0.2) is 48.1 Å². The third-order valence-electron chi connectivity index (χ3n) is 10.5. The highest BCUT2D eigenvalue weighted by molar-refractivity contribution is 5.82. The fraction of sp³-hybridized carbons (Fsp3) is 0.900. The minimum atomic E-state index is -0.771. The highest BCUT2D eigenvalue weighted by Gasteiger charge is 2.68. The second-order valence-electron chi connectivity index (χ2n) is 13.7. The number of allylic oxidation sites excluding steroid dienone is 1. The summed E-state index contributed by atoms with van der Waals surface area (Å²) in [6.45, 7) is 19.4. The van der Waals surface area contributed by atoms with Crippen molar-refractivity contribution in [3.8, 4) is 0 Å². The molecule has 2 heterocycles. The Bertz CT molecular complexity index is 894. The fourth-order valence-corrected chi connectivity index (χ4v) is 8.33. The third kappa shape index (κ3) is 4.48. The van der Waals surface area contributed by atoms with Gasteiger partial charge in [0.15, 0.2) is 18.2 Å². The second-order valence-corrected chi connectivity index (χ2v) is 13.7. The zero-order chi connectivity index (χ0) is 26.2. The summed E-state index contributed by atoms with van der Waals surface area (Å²) in [5, 5.41) is 0. The van der Waals surface area contributed by atoms with Gasteiger partial charge in [-0.1, -0.05) is 39.7 Å². The molecule has 2 aliphatic heterocycles. The van der Waals surface area contributed by atoms with E-state index in [9.17, 15) is 4.79 Å². The smallest absolute Gasteiger partial charge is 0.331 e. The van der Waals surface area contributed by atoms with Crippen LogP contribution in [-0.2, 0) is 28.5 Å². The quantitative estimate of drug-likeness (QED) is 0.337. The molecule has 0 aromatic rings. The van der Waals surface area contributed by atoms with Gasteiger partial charge >= 0.3 is 5.97 Å². The van der Waals surface area contributed by atoms with Crippen LogP contribution >= 0.6 is 0 Å². The summed E-state index contributed by atoms with van der Waals surface area (Å²) in [5.74, 6) is 2.28. The average molecular weight is 505 g/mol. The minimum absolute atomic E-state index is 0.232. The van der Waals surface area contributed by atoms with Crippen LogP contribution in [0.15, 0.2) is 11.6 Å². The molecule has 0 bridgehead atoms. The van der Waals surface area contributed by atoms with Crippen molar-refractivity contribution in [2.45, 2.75) is 137 Å². The van der Waals surface area contributed by atoms with Crippen molar-refractivity contribution < 1.29 is 28.5 Å². The molecule has 0 radical (unpaired) electrons. The lowest BCUT2D eigenvalue weighted by atomic mass is 9.74. The summed E-state index contributed by atoms with van der Waals surface area (Å²) in [7, 11) is 0. The maximum absolute atomic E-state index is 12.9. The second kappa shape index (κ2) is 9.07. The van der Waals surface area contributed by atoms with Crippen LogP contribution < -0.4 is 0 Å². The van der Waals surface area contributed by atoms with Gasteiger partial charge in [0.05, 0.1) is 11.7 Å². The minimum Gasteiger partial charge on any atom is -0.451 e. The number of carbonyl (C=O) groups excluding carboxylic acids is 1. The van der Waals surface area contributed by atoms with Gasteiger partial charge in [0.2, 0.25) is 0 Å². The van der Waals surface area contributed by atoms with E-state index in [1.807, 2.05) is 34.6 Å². The Kier molecular flexibility index (Phi) is 6.71. The Hall–Kier alpha value is -0.950. The largest absolute Gasteiger partial charge is 0.451 e. The van der Waals surface area contributed by atoms with Crippen LogP contribution in [0, 0.1) is 35.0 Å². The van der Waals surface area contributed by atoms with Crippen LogP contribution in [0.5, 0.6) is 0 Å². The zero-order valence-electron chi connectivity index (χ0n) is 23.8. The Morgan fingerprint density at radius 3 is 2.39 bits per heavy atom. The predicted molar refractivity (Wildman–Crippen MR) is 137 cm³/mol. The molecule has 5 rings (SSSR count). The van der Waals surface area contributed by atoms with Crippen molar-refractivity contribution in [2.24, 2.45) is 35.0 Å². The van der Waals surface area contributed by atoms with Gasteiger partial charge in [0, 0.05) is 6.08 Å². The molecule has 0 amide bonds. The summed E-state index contributed by atoms with van der Waals surface area (Å²) < 4.78 is 32.1. The molecule has 11 atom stereocenters. The lowest BCUT2D eigenvalue weighted by Gasteiger charge is -2.47. The Balaban J connectivity index is 1.42. The van der Waals surface area contributed by atoms with E-state index in [1.165, 1.54) is 19.3 Å². The number of hydrogen-bond acceptors (Lipinski definition) is 6. The van der Waals surface area contributed by atoms with Gasteiger partial charge in [0.25, 0.3) is 0 Å². The zero-order valence-corrected chi connectivity index (χ0v) is 23.8. The molecule has 6 unspecified atom stereocenters. The predicted octanol–water partition coefficient (Wildman–Crippen LogP) is 6.02. The molecule has 0 aromatic carbocycles. The normalized spacial score (nSPS) is 49.0. The van der Waals surface area contributed by atoms with Crippen LogP contribution in [0.1, 0.15) is 94.4 Å². The number of fused-ring (bicyclic) bond motifs is 4. The molecular formula is C30H48O6. The van der Waals surface area contributed by atoms with E-state index < -0.39 is 24.3 Å². The van der Waals surface area contributed by atoms with E-state index in [0.29, 0.717) is 23.2 Å². The summed E-state index contributed by atoms with van der Waals surface area (Å²) in [6.07, 6.45) is 4.63. The summed E-state index contributed by atoms with van der Waals surface area (Å²) in [6, 6.07) is 0. The summed E-state index contributed by atoms with van der Waals surface area (Å²) in [5.41, 5.74) is 1.09. The molecule has 36 heavy (non-hydrogen) atoms. The maximum atomic E-state index is 12.9. The lowest BCUT2D eigenvalue weighted by Crippen LogP contribution is -2.60. The standard InChI is InChI=1S/C30H48O6/c1-10-16(2)15-21(31)33-26-25-24(34-29(7,8)35-25)18(4)32-27(26)36-30(9)14-13-20-23(28(20,5)6)22-17(3)11-12-19(22)30/h15,17-20,22-27H,10-14H2,1-9H3/b16-15+/t17?,18?,19-,20+,22+,23+,24?,25?,26?,27?,30-/m0/s1. The van der Waals surface area contributed by atoms with E-state index in [-0.39, 0.29) is 23.8 Å². The molecule has 2 saturated heterocycles. The van der Waals surface area contributed by atoms with E-state index in [1.54, 1.807) is 6.08 Å². The number of esters is 1. The van der Waals surface area contributed by atoms with Crippen molar-refractivity contribution in [3.63, 3.8) is 0 Å². The van der Waals surface area contributed by atoms with Gasteiger partial charge in [-0.25, -0.2) is 4.79 Å². The Morgan fingerprint density at radius 2 is 1.69 bits per heavy atom. The van der Waals surface area contributed by atoms with Gasteiger partial charge in [-0.15, -0.1) is 0 Å². The van der Waals surface area contributed by atoms with Crippen molar-refractivity contribution in [1.29, 1.82) is 0 Å². The molecule has 0 aromatic heterocycles. The molecule has 5 fully saturated rings. The van der Waals surface area contributed by atoms with Crippen LogP contribution in [0.25, 0.3) is 0 Å². The van der Waals surface area contributed by atoms with Crippen molar-refractivity contribution in [3.05, 3.63) is 11.6 Å². The molecule has 0 spiro atoms. The summed E-state index contributed by atoms with van der Waals surface area (Å²) >= 11 is 0. The SMILES string of the molecule is CC/C(C)=C/C(=O)OC1C(O[C@@]2(C)CC[C@@H]3[C@H]([C@@H]4C(C)CC[C@@H]42)C3(C)C)OC(C)C2OC(C)(C)OC21. The van der Waals surface area contributed by atoms with Gasteiger partial charge in [-0.05, 0) is 95.3 Å². The van der Waals surface area contributed by atoms with Crippen LogP contribution in [0.2, 0.25) is 0 Å². The first-order valence-electron chi connectivity index (χ1n) is 14.3. The van der Waals surface area contributed by atoms with Crippen molar-refractivity contribution >= 4 is 5.97 Å². The monoisotopic (exact) mass is 504 g/mol. The molecule has 6 heteroatoms. The Labute approximate surface area is 217 Å². The highest BCUT2D eigenvalue weighted by atomic mass is 16.8. The van der Waals surface area contributed by atoms with Crippen LogP contribution in [0.3, 0.4) is 0 Å². The van der Waals surface area contributed by atoms with Crippen molar-refractivity contribution in [1.82, 2.24) is 0 Å². The molecular weight excluding hydrogens is 456 g/mol. The lowest BCUT2D eigenvalue weighted by molar-refractivity contribution is -0.315. The number of carbonyl (C=O) groups is 1. The molecule has 0 N–H and O–H groups in total. The van der Waals surface area contributed by atoms with Gasteiger partial charge in [0.1, 0.15) is 12.2 Å². The molecule has 3 saturated carbocycles. The number of ether oxygens (including phenoxy) is 5. The van der Waals surface area contributed by atoms with E-state index >= 15 is 0 Å². The molecule has 204 valence electrons. The van der Waals surface area contributed by atoms with Gasteiger partial charge < -0.3 is 23.7 Å². The first kappa shape index (κ1) is 26.6. The molecule has 6 nitrogen and oxygen atoms in total. The first-order chi connectivity index (χ1) is 16.8. The molecule has 5 aliphatic rings. The fourth-order valence-electron chi connectivity index (χ4n) is 8.33. The average Bonchev–Trinajstić information content (AvgIpc) is 3.02. The van der Waals surface area contributed by atoms with E-state index in [4.69, 9.17) is 23.7 Å².